The summed E-state index contributed by atoms with van der Waals surface area (Å²) in [6.45, 7) is 3.05. The minimum absolute atomic E-state index is 0.105. The van der Waals surface area contributed by atoms with Crippen LogP contribution in [0.4, 0.5) is 5.82 Å². The molecular weight excluding hydrogens is 262 g/mol. The van der Waals surface area contributed by atoms with Crippen LogP contribution in [0.2, 0.25) is 0 Å². The molecule has 1 heterocycles. The number of nitrogens with zero attached hydrogens (tertiary/aromatic N) is 2. The molecule has 0 unspecified atom stereocenters. The molecular formula is C13H21N3O4. The van der Waals surface area contributed by atoms with E-state index in [0.717, 1.165) is 0 Å². The molecule has 0 aliphatic heterocycles. The van der Waals surface area contributed by atoms with E-state index in [0.29, 0.717) is 12.8 Å². The highest BCUT2D eigenvalue weighted by Gasteiger charge is 2.59. The summed E-state index contributed by atoms with van der Waals surface area (Å²) in [6, 6.07) is 0.805. The van der Waals surface area contributed by atoms with Gasteiger partial charge in [-0.25, -0.2) is 4.79 Å². The largest absolute Gasteiger partial charge is 0.396 e. The lowest BCUT2D eigenvalue weighted by atomic mass is 9.80. The SMILES string of the molecule is CC[C@]1(CO)C[C@@H](n2ccc(N)nc2=O)[C@](C)(O)[C@@H]1O. The predicted octanol–water partition coefficient (Wildman–Crippen LogP) is -0.729. The summed E-state index contributed by atoms with van der Waals surface area (Å²) in [7, 11) is 0. The first-order valence-corrected chi connectivity index (χ1v) is 6.64. The maximum absolute atomic E-state index is 11.9. The molecule has 1 aromatic rings. The Morgan fingerprint density at radius 2 is 2.25 bits per heavy atom. The summed E-state index contributed by atoms with van der Waals surface area (Å²) < 4.78 is 1.27. The van der Waals surface area contributed by atoms with Crippen LogP contribution in [-0.4, -0.2) is 43.2 Å². The summed E-state index contributed by atoms with van der Waals surface area (Å²) in [5, 5.41) is 30.6. The third kappa shape index (κ3) is 2.02. The van der Waals surface area contributed by atoms with Crippen molar-refractivity contribution in [2.45, 2.75) is 44.4 Å². The van der Waals surface area contributed by atoms with E-state index in [1.807, 2.05) is 6.92 Å². The second-order valence-electron chi connectivity index (χ2n) is 5.76. The Morgan fingerprint density at radius 3 is 2.70 bits per heavy atom. The van der Waals surface area contributed by atoms with Gasteiger partial charge in [-0.2, -0.15) is 4.98 Å². The number of hydrogen-bond donors (Lipinski definition) is 4. The Balaban J connectivity index is 2.50. The molecule has 0 amide bonds. The number of nitrogen functional groups attached to an aromatic ring is 1. The van der Waals surface area contributed by atoms with Crippen molar-refractivity contribution in [2.75, 3.05) is 12.3 Å². The lowest BCUT2D eigenvalue weighted by Crippen LogP contribution is -2.48. The van der Waals surface area contributed by atoms with Crippen LogP contribution in [0.3, 0.4) is 0 Å². The molecule has 1 fully saturated rings. The Bertz CT molecular complexity index is 551. The highest BCUT2D eigenvalue weighted by Crippen LogP contribution is 2.51. The molecule has 0 bridgehead atoms. The predicted molar refractivity (Wildman–Crippen MR) is 73.0 cm³/mol. The number of aliphatic hydroxyl groups is 3. The Hall–Kier alpha value is -1.44. The van der Waals surface area contributed by atoms with Gasteiger partial charge in [-0.1, -0.05) is 6.92 Å². The van der Waals surface area contributed by atoms with Gasteiger partial charge in [-0.15, -0.1) is 0 Å². The lowest BCUT2D eigenvalue weighted by molar-refractivity contribution is -0.106. The fourth-order valence-corrected chi connectivity index (χ4v) is 3.15. The van der Waals surface area contributed by atoms with E-state index in [2.05, 4.69) is 4.98 Å². The van der Waals surface area contributed by atoms with Gasteiger partial charge in [0.15, 0.2) is 0 Å². The summed E-state index contributed by atoms with van der Waals surface area (Å²) in [5.41, 5.74) is 2.52. The van der Waals surface area contributed by atoms with Crippen LogP contribution in [-0.2, 0) is 0 Å². The Kier molecular flexibility index (Phi) is 3.62. The molecule has 2 rings (SSSR count). The summed E-state index contributed by atoms with van der Waals surface area (Å²) in [4.78, 5) is 15.6. The molecule has 4 atom stereocenters. The van der Waals surface area contributed by atoms with Crippen LogP contribution in [0, 0.1) is 5.41 Å². The van der Waals surface area contributed by atoms with Gasteiger partial charge >= 0.3 is 5.69 Å². The van der Waals surface area contributed by atoms with Crippen molar-refractivity contribution in [3.05, 3.63) is 22.7 Å². The monoisotopic (exact) mass is 283 g/mol. The second-order valence-corrected chi connectivity index (χ2v) is 5.76. The molecule has 1 aliphatic carbocycles. The number of aliphatic hydroxyl groups excluding tert-OH is 2. The van der Waals surface area contributed by atoms with E-state index in [1.54, 1.807) is 0 Å². The van der Waals surface area contributed by atoms with Gasteiger partial charge in [0.2, 0.25) is 0 Å². The first kappa shape index (κ1) is 15.0. The van der Waals surface area contributed by atoms with Gasteiger partial charge in [0, 0.05) is 11.6 Å². The molecule has 7 nitrogen and oxygen atoms in total. The summed E-state index contributed by atoms with van der Waals surface area (Å²) >= 11 is 0. The van der Waals surface area contributed by atoms with E-state index in [-0.39, 0.29) is 12.4 Å². The summed E-state index contributed by atoms with van der Waals surface area (Å²) in [6.07, 6.45) is 1.12. The Morgan fingerprint density at radius 1 is 1.60 bits per heavy atom. The fraction of sp³-hybridized carbons (Fsp3) is 0.692. The molecule has 0 aromatic carbocycles. The first-order valence-electron chi connectivity index (χ1n) is 6.64. The standard InChI is InChI=1S/C13H21N3O4/c1-3-13(7-17)6-8(12(2,20)10(13)18)16-5-4-9(14)15-11(16)19/h4-5,8,10,17-18,20H,3,6-7H2,1-2H3,(H2,14,15,19)/t8-,10+,12+,13-/m1/s1. The van der Waals surface area contributed by atoms with Crippen LogP contribution >= 0.6 is 0 Å². The van der Waals surface area contributed by atoms with E-state index in [4.69, 9.17) is 5.73 Å². The number of hydrogen-bond acceptors (Lipinski definition) is 6. The van der Waals surface area contributed by atoms with Crippen molar-refractivity contribution >= 4 is 5.82 Å². The van der Waals surface area contributed by atoms with Crippen molar-refractivity contribution in [3.8, 4) is 0 Å². The topological polar surface area (TPSA) is 122 Å². The van der Waals surface area contributed by atoms with Crippen LogP contribution in [0.1, 0.15) is 32.7 Å². The lowest BCUT2D eigenvalue weighted by Gasteiger charge is -2.33. The third-order valence-corrected chi connectivity index (χ3v) is 4.61. The van der Waals surface area contributed by atoms with E-state index >= 15 is 0 Å². The molecule has 112 valence electrons. The molecule has 1 aromatic heterocycles. The molecule has 7 heteroatoms. The fourth-order valence-electron chi connectivity index (χ4n) is 3.15. The van der Waals surface area contributed by atoms with Crippen LogP contribution in [0.25, 0.3) is 0 Å². The van der Waals surface area contributed by atoms with Crippen molar-refractivity contribution in [3.63, 3.8) is 0 Å². The molecule has 5 N–H and O–H groups in total. The summed E-state index contributed by atoms with van der Waals surface area (Å²) in [5.74, 6) is 0.105. The van der Waals surface area contributed by atoms with Gasteiger partial charge < -0.3 is 21.1 Å². The minimum Gasteiger partial charge on any atom is -0.396 e. The van der Waals surface area contributed by atoms with E-state index in [9.17, 15) is 20.1 Å². The second kappa shape index (κ2) is 4.83. The maximum atomic E-state index is 11.9. The van der Waals surface area contributed by atoms with Gasteiger partial charge in [0.25, 0.3) is 0 Å². The zero-order valence-electron chi connectivity index (χ0n) is 11.7. The zero-order valence-corrected chi connectivity index (χ0v) is 11.7. The van der Waals surface area contributed by atoms with Crippen LogP contribution in [0.5, 0.6) is 0 Å². The molecule has 0 spiro atoms. The van der Waals surface area contributed by atoms with Crippen LogP contribution in [0.15, 0.2) is 17.1 Å². The van der Waals surface area contributed by atoms with Gasteiger partial charge in [-0.3, -0.25) is 4.57 Å². The van der Waals surface area contributed by atoms with E-state index < -0.39 is 28.9 Å². The smallest absolute Gasteiger partial charge is 0.349 e. The third-order valence-electron chi connectivity index (χ3n) is 4.61. The zero-order chi connectivity index (χ0) is 15.1. The molecule has 0 radical (unpaired) electrons. The van der Waals surface area contributed by atoms with Crippen molar-refractivity contribution in [2.24, 2.45) is 5.41 Å². The highest BCUT2D eigenvalue weighted by atomic mass is 16.3. The normalized spacial score (nSPS) is 37.2. The van der Waals surface area contributed by atoms with Crippen molar-refractivity contribution in [1.82, 2.24) is 9.55 Å². The average molecular weight is 283 g/mol. The average Bonchev–Trinajstić information content (AvgIpc) is 2.60. The minimum atomic E-state index is -1.53. The van der Waals surface area contributed by atoms with Crippen molar-refractivity contribution in [1.29, 1.82) is 0 Å². The van der Waals surface area contributed by atoms with Crippen LogP contribution < -0.4 is 11.4 Å². The number of aromatic nitrogens is 2. The Labute approximate surface area is 116 Å². The first-order chi connectivity index (χ1) is 9.28. The maximum Gasteiger partial charge on any atom is 0.349 e. The number of nitrogens with two attached hydrogens (primary N) is 1. The highest BCUT2D eigenvalue weighted by molar-refractivity contribution is 5.24. The quantitative estimate of drug-likeness (QED) is 0.580. The van der Waals surface area contributed by atoms with Gasteiger partial charge in [0.05, 0.1) is 18.8 Å². The molecule has 0 saturated heterocycles. The van der Waals surface area contributed by atoms with Gasteiger partial charge in [0.1, 0.15) is 11.4 Å². The number of rotatable bonds is 3. The number of anilines is 1. The molecule has 1 aliphatic rings. The molecule has 20 heavy (non-hydrogen) atoms. The molecule has 1 saturated carbocycles. The van der Waals surface area contributed by atoms with E-state index in [1.165, 1.54) is 23.8 Å². The van der Waals surface area contributed by atoms with Crippen molar-refractivity contribution < 1.29 is 15.3 Å². The van der Waals surface area contributed by atoms with Gasteiger partial charge in [-0.05, 0) is 25.8 Å².